The van der Waals surface area contributed by atoms with Crippen LogP contribution >= 0.6 is 0 Å². The van der Waals surface area contributed by atoms with Crippen LogP contribution < -0.4 is 0 Å². The number of ether oxygens (including phenoxy) is 2. The van der Waals surface area contributed by atoms with E-state index in [-0.39, 0.29) is 10.3 Å². The zero-order valence-corrected chi connectivity index (χ0v) is 16.0. The van der Waals surface area contributed by atoms with Crippen molar-refractivity contribution in [1.82, 2.24) is 3.97 Å². The molecule has 0 aliphatic carbocycles. The second kappa shape index (κ2) is 7.36. The smallest absolute Gasteiger partial charge is 0.356 e. The SMILES string of the molecule is COC(=O)c1c(C(=O)OC)n(S(=O)(=O)c2ccccc2)c2c([N+](=O)[O-])cccc12. The van der Waals surface area contributed by atoms with Gasteiger partial charge in [-0.1, -0.05) is 30.3 Å². The van der Waals surface area contributed by atoms with Crippen LogP contribution in [-0.4, -0.2) is 43.5 Å². The average Bonchev–Trinajstić information content (AvgIpc) is 3.09. The van der Waals surface area contributed by atoms with Gasteiger partial charge >= 0.3 is 11.9 Å². The van der Waals surface area contributed by atoms with Gasteiger partial charge in [-0.05, 0) is 12.1 Å². The lowest BCUT2D eigenvalue weighted by Gasteiger charge is -2.11. The fraction of sp³-hybridized carbons (Fsp3) is 0.111. The van der Waals surface area contributed by atoms with Gasteiger partial charge in [0.1, 0.15) is 11.1 Å². The molecule has 2 aromatic carbocycles. The Morgan fingerprint density at radius 2 is 1.59 bits per heavy atom. The van der Waals surface area contributed by atoms with Gasteiger partial charge in [-0.2, -0.15) is 0 Å². The molecule has 11 heteroatoms. The van der Waals surface area contributed by atoms with Gasteiger partial charge < -0.3 is 9.47 Å². The van der Waals surface area contributed by atoms with Crippen LogP contribution in [0.3, 0.4) is 0 Å². The molecule has 0 aliphatic heterocycles. The van der Waals surface area contributed by atoms with Crippen molar-refractivity contribution in [3.8, 4) is 0 Å². The van der Waals surface area contributed by atoms with Gasteiger partial charge in [-0.3, -0.25) is 10.1 Å². The first-order valence-corrected chi connectivity index (χ1v) is 9.48. The van der Waals surface area contributed by atoms with Crippen LogP contribution in [-0.2, 0) is 19.5 Å². The molecule has 0 saturated carbocycles. The number of nitrogens with zero attached hydrogens (tertiary/aromatic N) is 2. The molecule has 150 valence electrons. The third kappa shape index (κ3) is 3.10. The maximum atomic E-state index is 13.4. The molecular formula is C18H14N2O8S. The summed E-state index contributed by atoms with van der Waals surface area (Å²) in [7, 11) is -2.49. The molecule has 0 unspecified atom stereocenters. The van der Waals surface area contributed by atoms with Crippen molar-refractivity contribution in [2.24, 2.45) is 0 Å². The molecule has 1 aromatic heterocycles. The highest BCUT2D eigenvalue weighted by Crippen LogP contribution is 2.36. The summed E-state index contributed by atoms with van der Waals surface area (Å²) in [6, 6.07) is 10.6. The molecule has 0 amide bonds. The fourth-order valence-electron chi connectivity index (χ4n) is 2.96. The Labute approximate surface area is 164 Å². The highest BCUT2D eigenvalue weighted by Gasteiger charge is 2.37. The van der Waals surface area contributed by atoms with Crippen molar-refractivity contribution in [2.45, 2.75) is 4.90 Å². The summed E-state index contributed by atoms with van der Waals surface area (Å²) in [5.74, 6) is -2.21. The van der Waals surface area contributed by atoms with Crippen molar-refractivity contribution in [3.05, 3.63) is 69.9 Å². The zero-order valence-electron chi connectivity index (χ0n) is 15.2. The van der Waals surface area contributed by atoms with Gasteiger partial charge in [0.25, 0.3) is 15.7 Å². The Balaban J connectivity index is 2.62. The molecule has 29 heavy (non-hydrogen) atoms. The molecule has 0 radical (unpaired) electrons. The summed E-state index contributed by atoms with van der Waals surface area (Å²) in [5.41, 5.74) is -2.19. The van der Waals surface area contributed by atoms with Gasteiger partial charge in [-0.15, -0.1) is 0 Å². The Morgan fingerprint density at radius 1 is 0.966 bits per heavy atom. The minimum atomic E-state index is -4.52. The number of nitro benzene ring substituents is 1. The summed E-state index contributed by atoms with van der Waals surface area (Å²) >= 11 is 0. The molecular weight excluding hydrogens is 404 g/mol. The van der Waals surface area contributed by atoms with E-state index in [0.29, 0.717) is 3.97 Å². The average molecular weight is 418 g/mol. The number of rotatable bonds is 5. The summed E-state index contributed by atoms with van der Waals surface area (Å²) < 4.78 is 36.6. The minimum absolute atomic E-state index is 0.133. The number of non-ortho nitro benzene ring substituents is 1. The van der Waals surface area contributed by atoms with Crippen molar-refractivity contribution >= 4 is 38.6 Å². The van der Waals surface area contributed by atoms with Crippen LogP contribution in [0.15, 0.2) is 53.4 Å². The molecule has 3 aromatic rings. The van der Waals surface area contributed by atoms with Crippen molar-refractivity contribution in [2.75, 3.05) is 14.2 Å². The largest absolute Gasteiger partial charge is 0.465 e. The molecule has 1 heterocycles. The lowest BCUT2D eigenvalue weighted by atomic mass is 10.1. The van der Waals surface area contributed by atoms with Crippen molar-refractivity contribution in [3.63, 3.8) is 0 Å². The summed E-state index contributed by atoms with van der Waals surface area (Å²) in [4.78, 5) is 35.5. The number of hydrogen-bond donors (Lipinski definition) is 0. The highest BCUT2D eigenvalue weighted by atomic mass is 32.2. The van der Waals surface area contributed by atoms with Crippen LogP contribution in [0.2, 0.25) is 0 Å². The van der Waals surface area contributed by atoms with E-state index in [1.165, 1.54) is 36.4 Å². The number of carbonyl (C=O) groups excluding carboxylic acids is 2. The Kier molecular flexibility index (Phi) is 5.08. The first-order chi connectivity index (χ1) is 13.8. The quantitative estimate of drug-likeness (QED) is 0.350. The van der Waals surface area contributed by atoms with Crippen LogP contribution in [0.1, 0.15) is 20.8 Å². The molecule has 0 aliphatic rings. The lowest BCUT2D eigenvalue weighted by Crippen LogP contribution is -2.21. The first kappa shape index (κ1) is 20.0. The molecule has 0 bridgehead atoms. The number of hydrogen-bond acceptors (Lipinski definition) is 8. The van der Waals surface area contributed by atoms with Gasteiger partial charge in [0.2, 0.25) is 0 Å². The summed E-state index contributed by atoms with van der Waals surface area (Å²) in [5, 5.41) is 11.5. The number of para-hydroxylation sites is 1. The Bertz CT molecular complexity index is 1250. The molecule has 3 rings (SSSR count). The lowest BCUT2D eigenvalue weighted by molar-refractivity contribution is -0.383. The van der Waals surface area contributed by atoms with E-state index in [4.69, 9.17) is 0 Å². The standard InChI is InChI=1S/C18H14N2O8S/c1-27-17(21)14-12-9-6-10-13(20(23)24)15(12)19(16(14)18(22)28-2)29(25,26)11-7-4-3-5-8-11/h3-10H,1-2H3. The van der Waals surface area contributed by atoms with Crippen molar-refractivity contribution < 1.29 is 32.4 Å². The topological polar surface area (TPSA) is 135 Å². The third-order valence-electron chi connectivity index (χ3n) is 4.17. The van der Waals surface area contributed by atoms with Gasteiger partial charge in [0.15, 0.2) is 5.69 Å². The van der Waals surface area contributed by atoms with Crippen LogP contribution in [0.5, 0.6) is 0 Å². The predicted octanol–water partition coefficient (Wildman–Crippen LogP) is 2.36. The Morgan fingerprint density at radius 3 is 2.14 bits per heavy atom. The number of fused-ring (bicyclic) bond motifs is 1. The molecule has 0 fully saturated rings. The van der Waals surface area contributed by atoms with E-state index >= 15 is 0 Å². The molecule has 0 saturated heterocycles. The van der Waals surface area contributed by atoms with Crippen molar-refractivity contribution in [1.29, 1.82) is 0 Å². The number of methoxy groups -OCH3 is 2. The number of esters is 2. The van der Waals surface area contributed by atoms with E-state index in [2.05, 4.69) is 9.47 Å². The third-order valence-corrected chi connectivity index (χ3v) is 5.89. The predicted molar refractivity (Wildman–Crippen MR) is 100 cm³/mol. The normalized spacial score (nSPS) is 11.2. The maximum absolute atomic E-state index is 13.4. The fourth-order valence-corrected chi connectivity index (χ4v) is 4.51. The number of aromatic nitrogens is 1. The highest BCUT2D eigenvalue weighted by molar-refractivity contribution is 7.90. The molecule has 0 N–H and O–H groups in total. The van der Waals surface area contributed by atoms with E-state index in [1.54, 1.807) is 6.07 Å². The monoisotopic (exact) mass is 418 g/mol. The van der Waals surface area contributed by atoms with E-state index in [1.807, 2.05) is 0 Å². The summed E-state index contributed by atoms with van der Waals surface area (Å²) in [6.45, 7) is 0. The zero-order chi connectivity index (χ0) is 21.3. The molecule has 0 spiro atoms. The number of nitro groups is 1. The summed E-state index contributed by atoms with van der Waals surface area (Å²) in [6.07, 6.45) is 0. The number of benzene rings is 2. The maximum Gasteiger partial charge on any atom is 0.356 e. The van der Waals surface area contributed by atoms with E-state index in [0.717, 1.165) is 20.3 Å². The van der Waals surface area contributed by atoms with Gasteiger partial charge in [0.05, 0.1) is 24.0 Å². The van der Waals surface area contributed by atoms with E-state index in [9.17, 15) is 28.1 Å². The number of carbonyl (C=O) groups is 2. The Hall–Kier alpha value is -3.73. The second-order valence-electron chi connectivity index (χ2n) is 5.72. The van der Waals surface area contributed by atoms with Crippen LogP contribution in [0, 0.1) is 10.1 Å². The minimum Gasteiger partial charge on any atom is -0.465 e. The van der Waals surface area contributed by atoms with Crippen LogP contribution in [0.25, 0.3) is 10.9 Å². The molecule has 0 atom stereocenters. The molecule has 10 nitrogen and oxygen atoms in total. The van der Waals surface area contributed by atoms with Crippen LogP contribution in [0.4, 0.5) is 5.69 Å². The first-order valence-electron chi connectivity index (χ1n) is 8.04. The second-order valence-corrected chi connectivity index (χ2v) is 7.51. The van der Waals surface area contributed by atoms with Gasteiger partial charge in [-0.25, -0.2) is 22.0 Å². The van der Waals surface area contributed by atoms with E-state index < -0.39 is 49.3 Å². The van der Waals surface area contributed by atoms with Gasteiger partial charge in [0, 0.05) is 11.5 Å².